The summed E-state index contributed by atoms with van der Waals surface area (Å²) in [6.07, 6.45) is 3.46. The summed E-state index contributed by atoms with van der Waals surface area (Å²) in [4.78, 5) is 32.4. The normalized spacial score (nSPS) is 17.1. The minimum atomic E-state index is 0.0486. The number of piperidine rings is 1. The van der Waals surface area contributed by atoms with E-state index in [0.29, 0.717) is 25.1 Å². The number of amides is 2. The van der Waals surface area contributed by atoms with Crippen LogP contribution in [0.3, 0.4) is 0 Å². The highest BCUT2D eigenvalue weighted by Gasteiger charge is 2.25. The summed E-state index contributed by atoms with van der Waals surface area (Å²) in [6.45, 7) is 2.11. The monoisotopic (exact) mass is 373 g/mol. The average Bonchev–Trinajstić information content (AvgIpc) is 3.12. The summed E-state index contributed by atoms with van der Waals surface area (Å²) < 4.78 is 0. The van der Waals surface area contributed by atoms with Crippen molar-refractivity contribution in [3.63, 3.8) is 0 Å². The molecule has 2 aliphatic heterocycles. The summed E-state index contributed by atoms with van der Waals surface area (Å²) in [6, 6.07) is 15.8. The topological polar surface area (TPSA) is 56.4 Å². The van der Waals surface area contributed by atoms with Gasteiger partial charge in [0.05, 0.1) is 0 Å². The number of carbonyl (C=O) groups excluding carboxylic acids is 2. The second kappa shape index (κ2) is 6.82. The van der Waals surface area contributed by atoms with Gasteiger partial charge in [0.25, 0.3) is 5.91 Å². The Labute approximate surface area is 163 Å². The van der Waals surface area contributed by atoms with Gasteiger partial charge in [-0.15, -0.1) is 0 Å². The number of nitrogens with one attached hydrogen (secondary N) is 1. The molecule has 0 radical (unpaired) electrons. The van der Waals surface area contributed by atoms with Crippen LogP contribution in [0.4, 0.5) is 5.69 Å². The first-order valence-corrected chi connectivity index (χ1v) is 9.99. The van der Waals surface area contributed by atoms with Gasteiger partial charge in [-0.25, -0.2) is 0 Å². The van der Waals surface area contributed by atoms with Crippen LogP contribution in [-0.2, 0) is 17.8 Å². The third-order valence-corrected chi connectivity index (χ3v) is 5.92. The SMILES string of the molecule is O=C(c1ccc(N2CCCCC2=O)cc1)N1CCc2[nH]c3ccccc3c2C1. The summed E-state index contributed by atoms with van der Waals surface area (Å²) in [5.74, 6) is 0.223. The molecule has 0 spiro atoms. The van der Waals surface area contributed by atoms with E-state index >= 15 is 0 Å². The molecule has 1 saturated heterocycles. The first-order chi connectivity index (χ1) is 13.7. The Kier molecular flexibility index (Phi) is 4.15. The Balaban J connectivity index is 1.36. The molecule has 5 rings (SSSR count). The van der Waals surface area contributed by atoms with Crippen molar-refractivity contribution in [2.75, 3.05) is 18.0 Å². The molecular weight excluding hydrogens is 350 g/mol. The molecule has 2 aromatic carbocycles. The van der Waals surface area contributed by atoms with Crippen LogP contribution in [0, 0.1) is 0 Å². The van der Waals surface area contributed by atoms with Gasteiger partial charge in [-0.1, -0.05) is 18.2 Å². The highest BCUT2D eigenvalue weighted by atomic mass is 16.2. The van der Waals surface area contributed by atoms with Crippen molar-refractivity contribution < 1.29 is 9.59 Å². The number of para-hydroxylation sites is 1. The maximum absolute atomic E-state index is 13.1. The second-order valence-electron chi connectivity index (χ2n) is 7.65. The maximum atomic E-state index is 13.1. The van der Waals surface area contributed by atoms with Crippen molar-refractivity contribution in [3.8, 4) is 0 Å². The lowest BCUT2D eigenvalue weighted by molar-refractivity contribution is -0.119. The number of hydrogen-bond donors (Lipinski definition) is 1. The third-order valence-electron chi connectivity index (χ3n) is 5.92. The zero-order valence-corrected chi connectivity index (χ0v) is 15.8. The van der Waals surface area contributed by atoms with Crippen molar-refractivity contribution >= 4 is 28.4 Å². The van der Waals surface area contributed by atoms with Gasteiger partial charge in [0.15, 0.2) is 0 Å². The molecule has 2 amide bonds. The highest BCUT2D eigenvalue weighted by Crippen LogP contribution is 2.29. The predicted molar refractivity (Wildman–Crippen MR) is 109 cm³/mol. The number of aromatic amines is 1. The van der Waals surface area contributed by atoms with E-state index in [0.717, 1.165) is 37.0 Å². The molecule has 1 N–H and O–H groups in total. The summed E-state index contributed by atoms with van der Waals surface area (Å²) in [5.41, 5.74) is 5.17. The average molecular weight is 373 g/mol. The number of benzene rings is 2. The minimum absolute atomic E-state index is 0.0486. The van der Waals surface area contributed by atoms with Crippen molar-refractivity contribution in [2.45, 2.75) is 32.2 Å². The fourth-order valence-electron chi connectivity index (χ4n) is 4.39. The maximum Gasteiger partial charge on any atom is 0.254 e. The van der Waals surface area contributed by atoms with Gasteiger partial charge in [-0.3, -0.25) is 9.59 Å². The van der Waals surface area contributed by atoms with E-state index in [9.17, 15) is 9.59 Å². The molecule has 0 bridgehead atoms. The first kappa shape index (κ1) is 17.0. The lowest BCUT2D eigenvalue weighted by atomic mass is 10.0. The van der Waals surface area contributed by atoms with Crippen LogP contribution >= 0.6 is 0 Å². The standard InChI is InChI=1S/C23H23N3O2/c27-22-7-3-4-13-26(22)17-10-8-16(9-11-17)23(28)25-14-12-21-19(15-25)18-5-1-2-6-20(18)24-21/h1-2,5-6,8-11,24H,3-4,7,12-15H2. The quantitative estimate of drug-likeness (QED) is 0.741. The van der Waals surface area contributed by atoms with Crippen LogP contribution in [0.15, 0.2) is 48.5 Å². The second-order valence-corrected chi connectivity index (χ2v) is 7.65. The number of carbonyl (C=O) groups is 2. The first-order valence-electron chi connectivity index (χ1n) is 9.99. The Morgan fingerprint density at radius 1 is 0.929 bits per heavy atom. The largest absolute Gasteiger partial charge is 0.358 e. The lowest BCUT2D eigenvalue weighted by Crippen LogP contribution is -2.36. The fraction of sp³-hybridized carbons (Fsp3) is 0.304. The smallest absolute Gasteiger partial charge is 0.254 e. The lowest BCUT2D eigenvalue weighted by Gasteiger charge is -2.28. The Hall–Kier alpha value is -3.08. The van der Waals surface area contributed by atoms with Crippen molar-refractivity contribution in [2.24, 2.45) is 0 Å². The Morgan fingerprint density at radius 3 is 2.57 bits per heavy atom. The Morgan fingerprint density at radius 2 is 1.75 bits per heavy atom. The third kappa shape index (κ3) is 2.87. The number of nitrogens with zero attached hydrogens (tertiary/aromatic N) is 2. The molecule has 28 heavy (non-hydrogen) atoms. The Bertz CT molecular complexity index is 1050. The number of H-pyrrole nitrogens is 1. The molecule has 5 heteroatoms. The molecule has 142 valence electrons. The fourth-order valence-corrected chi connectivity index (χ4v) is 4.39. The summed E-state index contributed by atoms with van der Waals surface area (Å²) >= 11 is 0. The number of anilines is 1. The van der Waals surface area contributed by atoms with E-state index in [2.05, 4.69) is 17.1 Å². The minimum Gasteiger partial charge on any atom is -0.358 e. The molecule has 3 aromatic rings. The highest BCUT2D eigenvalue weighted by molar-refractivity contribution is 5.97. The van der Waals surface area contributed by atoms with E-state index in [1.165, 1.54) is 16.6 Å². The van der Waals surface area contributed by atoms with E-state index < -0.39 is 0 Å². The van der Waals surface area contributed by atoms with Gasteiger partial charge >= 0.3 is 0 Å². The molecule has 0 aliphatic carbocycles. The van der Waals surface area contributed by atoms with E-state index in [-0.39, 0.29) is 11.8 Å². The van der Waals surface area contributed by atoms with Crippen molar-refractivity contribution in [1.82, 2.24) is 9.88 Å². The van der Waals surface area contributed by atoms with Crippen LogP contribution in [0.5, 0.6) is 0 Å². The molecule has 0 saturated carbocycles. The zero-order valence-electron chi connectivity index (χ0n) is 15.8. The number of fused-ring (bicyclic) bond motifs is 3. The van der Waals surface area contributed by atoms with Crippen LogP contribution < -0.4 is 4.90 Å². The van der Waals surface area contributed by atoms with Crippen molar-refractivity contribution in [1.29, 1.82) is 0 Å². The van der Waals surface area contributed by atoms with Gasteiger partial charge in [0.2, 0.25) is 5.91 Å². The summed E-state index contributed by atoms with van der Waals surface area (Å²) in [5, 5.41) is 1.20. The number of aromatic nitrogens is 1. The molecule has 2 aliphatic rings. The van der Waals surface area contributed by atoms with Crippen LogP contribution in [0.1, 0.15) is 40.9 Å². The molecule has 1 aromatic heterocycles. The zero-order chi connectivity index (χ0) is 19.1. The van der Waals surface area contributed by atoms with Gasteiger partial charge in [-0.05, 0) is 43.2 Å². The predicted octanol–water partition coefficient (Wildman–Crippen LogP) is 3.88. The van der Waals surface area contributed by atoms with Crippen molar-refractivity contribution in [3.05, 3.63) is 65.4 Å². The number of rotatable bonds is 2. The molecule has 1 fully saturated rings. The molecule has 3 heterocycles. The molecular formula is C23H23N3O2. The number of hydrogen-bond acceptors (Lipinski definition) is 2. The molecule has 0 atom stereocenters. The van der Waals surface area contributed by atoms with Crippen LogP contribution in [-0.4, -0.2) is 34.8 Å². The summed E-state index contributed by atoms with van der Waals surface area (Å²) in [7, 11) is 0. The van der Waals surface area contributed by atoms with Gasteiger partial charge in [0.1, 0.15) is 0 Å². The van der Waals surface area contributed by atoms with Gasteiger partial charge in [-0.2, -0.15) is 0 Å². The molecule has 0 unspecified atom stereocenters. The van der Waals surface area contributed by atoms with Gasteiger partial charge < -0.3 is 14.8 Å². The van der Waals surface area contributed by atoms with Gasteiger partial charge in [0, 0.05) is 65.9 Å². The molecule has 5 nitrogen and oxygen atoms in total. The van der Waals surface area contributed by atoms with Crippen LogP contribution in [0.25, 0.3) is 10.9 Å². The van der Waals surface area contributed by atoms with Crippen LogP contribution in [0.2, 0.25) is 0 Å². The van der Waals surface area contributed by atoms with E-state index in [1.54, 1.807) is 0 Å². The van der Waals surface area contributed by atoms with E-state index in [1.807, 2.05) is 46.2 Å². The van der Waals surface area contributed by atoms with E-state index in [4.69, 9.17) is 0 Å².